The van der Waals surface area contributed by atoms with Crippen LogP contribution in [0.25, 0.3) is 10.9 Å². The Morgan fingerprint density at radius 1 is 0.974 bits per heavy atom. The number of anilines is 5. The third-order valence-corrected chi connectivity index (χ3v) is 6.33. The first-order valence-electron chi connectivity index (χ1n) is 11.9. The highest BCUT2D eigenvalue weighted by Crippen LogP contribution is 2.29. The third kappa shape index (κ3) is 4.66. The number of phenols is 1. The molecule has 0 saturated heterocycles. The SMILES string of the molecule is C[C@@H](Nc1c(Nc2ccc3[nH]nc(NC(=O)c4cccc(N(C)C)c4)c3c2)c(=O)c1=O)c1cccc(O)c1. The molecular formula is C28H26N6O4. The number of carbonyl (C=O) groups is 1. The molecule has 10 nitrogen and oxygen atoms in total. The minimum Gasteiger partial charge on any atom is -0.508 e. The van der Waals surface area contributed by atoms with Gasteiger partial charge >= 0.3 is 0 Å². The molecule has 4 aromatic carbocycles. The summed E-state index contributed by atoms with van der Waals surface area (Å²) in [5.41, 5.74) is 2.46. The lowest BCUT2D eigenvalue weighted by Crippen LogP contribution is -2.37. The monoisotopic (exact) mass is 510 g/mol. The van der Waals surface area contributed by atoms with Gasteiger partial charge in [-0.05, 0) is 61.0 Å². The average molecular weight is 511 g/mol. The van der Waals surface area contributed by atoms with Gasteiger partial charge in [0.1, 0.15) is 17.1 Å². The number of amides is 1. The summed E-state index contributed by atoms with van der Waals surface area (Å²) < 4.78 is 0. The first-order chi connectivity index (χ1) is 18.2. The van der Waals surface area contributed by atoms with E-state index >= 15 is 0 Å². The Hall–Kier alpha value is -5.12. The number of benzene rings is 3. The summed E-state index contributed by atoms with van der Waals surface area (Å²) in [5, 5.41) is 26.4. The van der Waals surface area contributed by atoms with Crippen molar-refractivity contribution in [1.29, 1.82) is 0 Å². The third-order valence-electron chi connectivity index (χ3n) is 6.33. The van der Waals surface area contributed by atoms with Crippen LogP contribution in [0.1, 0.15) is 28.9 Å². The summed E-state index contributed by atoms with van der Waals surface area (Å²) in [6, 6.07) is 18.8. The predicted molar refractivity (Wildman–Crippen MR) is 150 cm³/mol. The summed E-state index contributed by atoms with van der Waals surface area (Å²) in [6.07, 6.45) is 0. The van der Waals surface area contributed by atoms with Crippen LogP contribution >= 0.6 is 0 Å². The summed E-state index contributed by atoms with van der Waals surface area (Å²) in [6.45, 7) is 1.83. The molecule has 0 spiro atoms. The number of rotatable bonds is 8. The maximum atomic E-state index is 12.9. The van der Waals surface area contributed by atoms with Gasteiger partial charge in [0.25, 0.3) is 16.8 Å². The van der Waals surface area contributed by atoms with Crippen molar-refractivity contribution in [1.82, 2.24) is 10.2 Å². The molecule has 0 fully saturated rings. The van der Waals surface area contributed by atoms with Crippen molar-refractivity contribution in [3.8, 4) is 5.75 Å². The van der Waals surface area contributed by atoms with Crippen molar-refractivity contribution in [3.05, 3.63) is 98.3 Å². The van der Waals surface area contributed by atoms with Crippen LogP contribution < -0.4 is 31.7 Å². The van der Waals surface area contributed by atoms with Crippen molar-refractivity contribution in [2.24, 2.45) is 0 Å². The summed E-state index contributed by atoms with van der Waals surface area (Å²) in [4.78, 5) is 39.5. The van der Waals surface area contributed by atoms with Gasteiger partial charge in [-0.1, -0.05) is 18.2 Å². The van der Waals surface area contributed by atoms with E-state index in [9.17, 15) is 19.5 Å². The van der Waals surface area contributed by atoms with E-state index in [1.807, 2.05) is 44.1 Å². The molecule has 0 saturated carbocycles. The molecule has 0 aliphatic heterocycles. The zero-order valence-corrected chi connectivity index (χ0v) is 21.0. The maximum absolute atomic E-state index is 12.9. The minimum atomic E-state index is -0.628. The molecule has 10 heteroatoms. The number of hydrogen-bond donors (Lipinski definition) is 5. The zero-order chi connectivity index (χ0) is 27.0. The lowest BCUT2D eigenvalue weighted by molar-refractivity contribution is 0.102. The number of aromatic amines is 1. The number of phenolic OH excluding ortho intramolecular Hbond substituents is 1. The number of fused-ring (bicyclic) bond motifs is 1. The molecular weight excluding hydrogens is 484 g/mol. The number of aromatic hydroxyl groups is 1. The molecule has 192 valence electrons. The number of H-pyrrole nitrogens is 1. The Morgan fingerprint density at radius 2 is 1.74 bits per heavy atom. The van der Waals surface area contributed by atoms with E-state index in [4.69, 9.17) is 0 Å². The van der Waals surface area contributed by atoms with E-state index in [-0.39, 0.29) is 29.1 Å². The van der Waals surface area contributed by atoms with Gasteiger partial charge in [0, 0.05) is 42.5 Å². The second kappa shape index (κ2) is 9.74. The lowest BCUT2D eigenvalue weighted by Gasteiger charge is -2.20. The standard InChI is InChI=1S/C28H26N6O4/c1-15(16-6-5-9-20(35)13-16)29-23-24(26(37)25(23)36)30-18-10-11-22-21(14-18)27(33-32-22)31-28(38)17-7-4-8-19(12-17)34(2)3/h4-15,29-30,35H,1-3H3,(H2,31,32,33,38)/t15-/m1/s1. The van der Waals surface area contributed by atoms with Gasteiger partial charge in [-0.25, -0.2) is 0 Å². The first kappa shape index (κ1) is 24.6. The fourth-order valence-corrected chi connectivity index (χ4v) is 4.18. The quantitative estimate of drug-likeness (QED) is 0.197. The molecule has 5 rings (SSSR count). The molecule has 0 aliphatic rings. The predicted octanol–water partition coefficient (Wildman–Crippen LogP) is 4.10. The zero-order valence-electron chi connectivity index (χ0n) is 21.0. The van der Waals surface area contributed by atoms with E-state index < -0.39 is 10.9 Å². The largest absolute Gasteiger partial charge is 0.508 e. The van der Waals surface area contributed by atoms with Crippen LogP contribution in [-0.4, -0.2) is 35.3 Å². The summed E-state index contributed by atoms with van der Waals surface area (Å²) in [7, 11) is 3.80. The number of nitrogens with one attached hydrogen (secondary N) is 4. The number of aromatic nitrogens is 2. The van der Waals surface area contributed by atoms with Crippen LogP contribution in [0.15, 0.2) is 76.3 Å². The van der Waals surface area contributed by atoms with Crippen LogP contribution in [0.2, 0.25) is 0 Å². The molecule has 5 N–H and O–H groups in total. The fourth-order valence-electron chi connectivity index (χ4n) is 4.18. The summed E-state index contributed by atoms with van der Waals surface area (Å²) >= 11 is 0. The fraction of sp³-hybridized carbons (Fsp3) is 0.143. The molecule has 1 heterocycles. The highest BCUT2D eigenvalue weighted by molar-refractivity contribution is 6.08. The molecule has 0 unspecified atom stereocenters. The first-order valence-corrected chi connectivity index (χ1v) is 11.9. The van der Waals surface area contributed by atoms with Crippen LogP contribution in [0, 0.1) is 0 Å². The van der Waals surface area contributed by atoms with Gasteiger partial charge in [0.2, 0.25) is 0 Å². The highest BCUT2D eigenvalue weighted by atomic mass is 16.3. The lowest BCUT2D eigenvalue weighted by atomic mass is 10.1. The van der Waals surface area contributed by atoms with E-state index in [0.29, 0.717) is 28.0 Å². The Morgan fingerprint density at radius 3 is 2.50 bits per heavy atom. The van der Waals surface area contributed by atoms with Gasteiger partial charge in [-0.3, -0.25) is 19.5 Å². The van der Waals surface area contributed by atoms with Crippen LogP contribution in [0.5, 0.6) is 5.75 Å². The van der Waals surface area contributed by atoms with E-state index in [1.54, 1.807) is 48.5 Å². The number of nitrogens with zero attached hydrogens (tertiary/aromatic N) is 2. The van der Waals surface area contributed by atoms with Crippen molar-refractivity contribution >= 4 is 45.4 Å². The van der Waals surface area contributed by atoms with Gasteiger partial charge in [-0.2, -0.15) is 5.10 Å². The Balaban J connectivity index is 1.37. The Bertz CT molecular complexity index is 1730. The average Bonchev–Trinajstić information content (AvgIpc) is 3.32. The number of carbonyl (C=O) groups excluding carboxylic acids is 1. The molecule has 38 heavy (non-hydrogen) atoms. The minimum absolute atomic E-state index is 0.112. The normalized spacial score (nSPS) is 11.9. The van der Waals surface area contributed by atoms with Gasteiger partial charge in [0.05, 0.1) is 5.52 Å². The van der Waals surface area contributed by atoms with E-state index in [1.165, 1.54) is 0 Å². The second-order valence-electron chi connectivity index (χ2n) is 9.23. The van der Waals surface area contributed by atoms with E-state index in [0.717, 1.165) is 11.3 Å². The maximum Gasteiger partial charge on any atom is 0.256 e. The molecule has 1 aromatic heterocycles. The topological polar surface area (TPSA) is 139 Å². The molecule has 0 bridgehead atoms. The highest BCUT2D eigenvalue weighted by Gasteiger charge is 2.23. The number of hydrogen-bond acceptors (Lipinski definition) is 8. The molecule has 1 amide bonds. The summed E-state index contributed by atoms with van der Waals surface area (Å²) in [5.74, 6) is 0.140. The molecule has 5 aromatic rings. The molecule has 0 aliphatic carbocycles. The van der Waals surface area contributed by atoms with Crippen LogP contribution in [0.4, 0.5) is 28.6 Å². The van der Waals surface area contributed by atoms with Crippen molar-refractivity contribution < 1.29 is 9.90 Å². The molecule has 1 atom stereocenters. The van der Waals surface area contributed by atoms with Crippen molar-refractivity contribution in [2.75, 3.05) is 34.9 Å². The molecule has 0 radical (unpaired) electrons. The van der Waals surface area contributed by atoms with Crippen molar-refractivity contribution in [3.63, 3.8) is 0 Å². The van der Waals surface area contributed by atoms with Crippen LogP contribution in [-0.2, 0) is 0 Å². The smallest absolute Gasteiger partial charge is 0.256 e. The van der Waals surface area contributed by atoms with Gasteiger partial charge < -0.3 is 26.0 Å². The second-order valence-corrected chi connectivity index (χ2v) is 9.23. The van der Waals surface area contributed by atoms with E-state index in [2.05, 4.69) is 26.1 Å². The van der Waals surface area contributed by atoms with Gasteiger partial charge in [-0.15, -0.1) is 0 Å². The van der Waals surface area contributed by atoms with Crippen LogP contribution in [0.3, 0.4) is 0 Å². The Labute approximate surface area is 217 Å². The van der Waals surface area contributed by atoms with Gasteiger partial charge in [0.15, 0.2) is 5.82 Å². The van der Waals surface area contributed by atoms with Crippen molar-refractivity contribution in [2.45, 2.75) is 13.0 Å². The Kier molecular flexibility index (Phi) is 6.29.